The van der Waals surface area contributed by atoms with Crippen molar-refractivity contribution >= 4 is 27.0 Å². The van der Waals surface area contributed by atoms with Gasteiger partial charge in [0.15, 0.2) is 0 Å². The fraction of sp³-hybridized carbons (Fsp3) is 0.227. The summed E-state index contributed by atoms with van der Waals surface area (Å²) in [6.45, 7) is 2.47. The minimum absolute atomic E-state index is 0.0590. The van der Waals surface area contributed by atoms with Gasteiger partial charge in [-0.2, -0.15) is 5.10 Å². The normalized spacial score (nSPS) is 11.9. The highest BCUT2D eigenvalue weighted by atomic mass is 32.2. The minimum atomic E-state index is -3.58. The van der Waals surface area contributed by atoms with Gasteiger partial charge < -0.3 is 9.30 Å². The highest BCUT2D eigenvalue weighted by Crippen LogP contribution is 2.24. The lowest BCUT2D eigenvalue weighted by Gasteiger charge is -2.11. The van der Waals surface area contributed by atoms with Crippen LogP contribution < -0.4 is 0 Å². The Bertz CT molecular complexity index is 1370. The zero-order chi connectivity index (χ0) is 22.9. The van der Waals surface area contributed by atoms with E-state index in [1.807, 2.05) is 41.8 Å². The summed E-state index contributed by atoms with van der Waals surface area (Å²) in [6.07, 6.45) is 1.44. The number of imidazole rings is 1. The van der Waals surface area contributed by atoms with E-state index < -0.39 is 16.0 Å². The molecule has 0 bridgehead atoms. The SMILES string of the molecule is CCn1c(COC(=O)c2cn[nH]c2-c2ccccc2)nc2cc(S(=O)(=O)N(C)C)ccc21. The first kappa shape index (κ1) is 21.7. The van der Waals surface area contributed by atoms with Crippen LogP contribution in [0.25, 0.3) is 22.3 Å². The predicted octanol–water partition coefficient (Wildman–Crippen LogP) is 3.05. The molecule has 0 spiro atoms. The first-order valence-corrected chi connectivity index (χ1v) is 11.4. The number of fused-ring (bicyclic) bond motifs is 1. The van der Waals surface area contributed by atoms with Gasteiger partial charge >= 0.3 is 5.97 Å². The molecule has 10 heteroatoms. The van der Waals surface area contributed by atoms with Crippen molar-refractivity contribution in [3.8, 4) is 11.3 Å². The lowest BCUT2D eigenvalue weighted by Crippen LogP contribution is -2.22. The topological polar surface area (TPSA) is 110 Å². The van der Waals surface area contributed by atoms with Crippen molar-refractivity contribution in [3.05, 3.63) is 66.1 Å². The summed E-state index contributed by atoms with van der Waals surface area (Å²) in [5.74, 6) is 0.00296. The molecule has 0 amide bonds. The van der Waals surface area contributed by atoms with Crippen LogP contribution >= 0.6 is 0 Å². The maximum atomic E-state index is 12.7. The molecule has 0 saturated carbocycles. The van der Waals surface area contributed by atoms with Gasteiger partial charge in [0.25, 0.3) is 0 Å². The summed E-state index contributed by atoms with van der Waals surface area (Å²) >= 11 is 0. The molecule has 9 nitrogen and oxygen atoms in total. The van der Waals surface area contributed by atoms with E-state index in [0.717, 1.165) is 15.4 Å². The summed E-state index contributed by atoms with van der Waals surface area (Å²) in [4.78, 5) is 17.4. The summed E-state index contributed by atoms with van der Waals surface area (Å²) in [5, 5.41) is 6.82. The molecular weight excluding hydrogens is 430 g/mol. The van der Waals surface area contributed by atoms with Gasteiger partial charge in [-0.15, -0.1) is 0 Å². The number of carbonyl (C=O) groups excluding carboxylic acids is 1. The molecule has 0 aliphatic carbocycles. The van der Waals surface area contributed by atoms with Gasteiger partial charge in [0.1, 0.15) is 18.0 Å². The van der Waals surface area contributed by atoms with Crippen molar-refractivity contribution in [2.45, 2.75) is 25.0 Å². The molecule has 0 radical (unpaired) electrons. The van der Waals surface area contributed by atoms with E-state index in [1.54, 1.807) is 12.1 Å². The second-order valence-electron chi connectivity index (χ2n) is 7.31. The number of carbonyl (C=O) groups is 1. The van der Waals surface area contributed by atoms with Crippen LogP contribution in [0.5, 0.6) is 0 Å². The first-order valence-electron chi connectivity index (χ1n) is 10.0. The largest absolute Gasteiger partial charge is 0.454 e. The smallest absolute Gasteiger partial charge is 0.342 e. The van der Waals surface area contributed by atoms with E-state index in [9.17, 15) is 13.2 Å². The Balaban J connectivity index is 1.60. The Kier molecular flexibility index (Phi) is 5.81. The van der Waals surface area contributed by atoms with Crippen LogP contribution in [0.2, 0.25) is 0 Å². The second kappa shape index (κ2) is 8.56. The van der Waals surface area contributed by atoms with Gasteiger partial charge in [-0.1, -0.05) is 30.3 Å². The number of hydrogen-bond acceptors (Lipinski definition) is 6. The Hall–Kier alpha value is -3.50. The summed E-state index contributed by atoms with van der Waals surface area (Å²) in [5.41, 5.74) is 3.03. The van der Waals surface area contributed by atoms with Crippen LogP contribution in [0.4, 0.5) is 0 Å². The average Bonchev–Trinajstić information content (AvgIpc) is 3.42. The van der Waals surface area contributed by atoms with Crippen molar-refractivity contribution in [1.82, 2.24) is 24.1 Å². The number of sulfonamides is 1. The van der Waals surface area contributed by atoms with E-state index in [2.05, 4.69) is 15.2 Å². The van der Waals surface area contributed by atoms with Crippen LogP contribution in [0.15, 0.2) is 59.6 Å². The zero-order valence-electron chi connectivity index (χ0n) is 17.9. The summed E-state index contributed by atoms with van der Waals surface area (Å²) < 4.78 is 33.5. The van der Waals surface area contributed by atoms with Gasteiger partial charge in [0.2, 0.25) is 10.0 Å². The van der Waals surface area contributed by atoms with E-state index >= 15 is 0 Å². The third-order valence-corrected chi connectivity index (χ3v) is 6.96. The number of ether oxygens (including phenoxy) is 1. The first-order chi connectivity index (χ1) is 15.3. The van der Waals surface area contributed by atoms with E-state index in [0.29, 0.717) is 29.1 Å². The number of H-pyrrole nitrogens is 1. The zero-order valence-corrected chi connectivity index (χ0v) is 18.8. The number of esters is 1. The molecular formula is C22H23N5O4S. The Labute approximate surface area is 185 Å². The molecule has 0 saturated heterocycles. The monoisotopic (exact) mass is 453 g/mol. The van der Waals surface area contributed by atoms with Crippen LogP contribution in [-0.4, -0.2) is 52.5 Å². The fourth-order valence-electron chi connectivity index (χ4n) is 3.47. The van der Waals surface area contributed by atoms with Crippen molar-refractivity contribution in [2.75, 3.05) is 14.1 Å². The molecule has 2 aromatic carbocycles. The van der Waals surface area contributed by atoms with Gasteiger partial charge in [-0.3, -0.25) is 5.10 Å². The van der Waals surface area contributed by atoms with Crippen LogP contribution in [0.3, 0.4) is 0 Å². The Morgan fingerprint density at radius 1 is 1.16 bits per heavy atom. The van der Waals surface area contributed by atoms with E-state index in [1.165, 1.54) is 26.4 Å². The minimum Gasteiger partial charge on any atom is -0.454 e. The van der Waals surface area contributed by atoms with Gasteiger partial charge in [-0.25, -0.2) is 22.5 Å². The lowest BCUT2D eigenvalue weighted by atomic mass is 10.1. The summed E-state index contributed by atoms with van der Waals surface area (Å²) in [7, 11) is -0.615. The predicted molar refractivity (Wildman–Crippen MR) is 119 cm³/mol. The third kappa shape index (κ3) is 3.90. The molecule has 4 aromatic rings. The molecule has 0 aliphatic heterocycles. The molecule has 0 aliphatic rings. The maximum absolute atomic E-state index is 12.7. The van der Waals surface area contributed by atoms with Gasteiger partial charge in [0.05, 0.1) is 27.8 Å². The highest BCUT2D eigenvalue weighted by Gasteiger charge is 2.21. The van der Waals surface area contributed by atoms with Crippen molar-refractivity contribution in [1.29, 1.82) is 0 Å². The molecule has 2 aromatic heterocycles. The molecule has 2 heterocycles. The number of aryl methyl sites for hydroxylation is 1. The fourth-order valence-corrected chi connectivity index (χ4v) is 4.39. The lowest BCUT2D eigenvalue weighted by molar-refractivity contribution is 0.0459. The van der Waals surface area contributed by atoms with E-state index in [-0.39, 0.29) is 11.5 Å². The molecule has 0 atom stereocenters. The van der Waals surface area contributed by atoms with E-state index in [4.69, 9.17) is 4.74 Å². The maximum Gasteiger partial charge on any atom is 0.342 e. The molecule has 166 valence electrons. The Morgan fingerprint density at radius 2 is 1.91 bits per heavy atom. The van der Waals surface area contributed by atoms with Gasteiger partial charge in [-0.05, 0) is 25.1 Å². The van der Waals surface area contributed by atoms with Crippen molar-refractivity contribution < 1.29 is 17.9 Å². The standard InChI is InChI=1S/C22H23N5O4S/c1-4-27-19-11-10-16(32(29,30)26(2)3)12-18(19)24-20(27)14-31-22(28)17-13-23-25-21(17)15-8-6-5-7-9-15/h5-13H,4,14H2,1-3H3,(H,23,25). The van der Waals surface area contributed by atoms with Crippen molar-refractivity contribution in [3.63, 3.8) is 0 Å². The molecule has 0 fully saturated rings. The highest BCUT2D eigenvalue weighted by molar-refractivity contribution is 7.89. The third-order valence-electron chi connectivity index (χ3n) is 5.15. The number of hydrogen-bond donors (Lipinski definition) is 1. The molecule has 4 rings (SSSR count). The summed E-state index contributed by atoms with van der Waals surface area (Å²) in [6, 6.07) is 14.2. The van der Waals surface area contributed by atoms with Crippen LogP contribution in [-0.2, 0) is 27.9 Å². The van der Waals surface area contributed by atoms with Gasteiger partial charge in [0, 0.05) is 26.2 Å². The van der Waals surface area contributed by atoms with Crippen LogP contribution in [0, 0.1) is 0 Å². The van der Waals surface area contributed by atoms with Crippen molar-refractivity contribution in [2.24, 2.45) is 0 Å². The molecule has 32 heavy (non-hydrogen) atoms. The molecule has 0 unspecified atom stereocenters. The van der Waals surface area contributed by atoms with Crippen LogP contribution in [0.1, 0.15) is 23.1 Å². The Morgan fingerprint density at radius 3 is 2.59 bits per heavy atom. The number of benzene rings is 2. The quantitative estimate of drug-likeness (QED) is 0.431. The average molecular weight is 454 g/mol. The number of nitrogens with one attached hydrogen (secondary N) is 1. The molecule has 1 N–H and O–H groups in total. The second-order valence-corrected chi connectivity index (χ2v) is 9.46. The number of rotatable bonds is 7. The number of aromatic amines is 1. The number of nitrogens with zero attached hydrogens (tertiary/aromatic N) is 4. The number of aromatic nitrogens is 4.